The number of hydrogen-bond acceptors (Lipinski definition) is 2. The molecule has 6 heteroatoms. The first-order valence-corrected chi connectivity index (χ1v) is 6.20. The predicted molar refractivity (Wildman–Crippen MR) is 46.8 cm³/mol. The monoisotopic (exact) mass is 236 g/mol. The van der Waals surface area contributed by atoms with Gasteiger partial charge in [0.25, 0.3) is 0 Å². The van der Waals surface area contributed by atoms with Gasteiger partial charge in [-0.05, 0) is 6.42 Å². The lowest BCUT2D eigenvalue weighted by molar-refractivity contribution is 0.577. The summed E-state index contributed by atoms with van der Waals surface area (Å²) in [4.78, 5) is 0. The van der Waals surface area contributed by atoms with E-state index in [1.807, 2.05) is 0 Å². The molecule has 0 heterocycles. The van der Waals surface area contributed by atoms with Crippen LogP contribution >= 0.6 is 33.9 Å². The lowest BCUT2D eigenvalue weighted by atomic mass is 10.2. The molecule has 0 saturated heterocycles. The molecule has 0 aromatic carbocycles. The maximum atomic E-state index is 10.6. The second kappa shape index (κ2) is 2.41. The van der Waals surface area contributed by atoms with Crippen LogP contribution in [0.3, 0.4) is 0 Å². The fourth-order valence-corrected chi connectivity index (χ4v) is 3.70. The van der Waals surface area contributed by atoms with Crippen LogP contribution in [0.4, 0.5) is 0 Å². The molecule has 1 aliphatic carbocycles. The molecule has 1 atom stereocenters. The highest BCUT2D eigenvalue weighted by atomic mass is 35.7. The van der Waals surface area contributed by atoms with Crippen molar-refractivity contribution in [1.29, 1.82) is 0 Å². The molecule has 66 valence electrons. The second-order valence-electron chi connectivity index (χ2n) is 3.13. The van der Waals surface area contributed by atoms with Gasteiger partial charge in [0, 0.05) is 16.1 Å². The maximum absolute atomic E-state index is 10.6. The molecule has 1 rings (SSSR count). The van der Waals surface area contributed by atoms with E-state index < -0.39 is 18.8 Å². The third kappa shape index (κ3) is 2.14. The summed E-state index contributed by atoms with van der Waals surface area (Å²) in [5.41, 5.74) is -0.559. The Morgan fingerprint density at radius 3 is 1.91 bits per heavy atom. The SMILES string of the molecule is CC1(CS(=O)(=O)Cl)CC1(Cl)Cl. The van der Waals surface area contributed by atoms with E-state index in [-0.39, 0.29) is 5.75 Å². The number of alkyl halides is 2. The van der Waals surface area contributed by atoms with Crippen LogP contribution in [0.1, 0.15) is 13.3 Å². The number of hydrogen-bond donors (Lipinski definition) is 0. The van der Waals surface area contributed by atoms with Crippen molar-refractivity contribution >= 4 is 42.9 Å². The van der Waals surface area contributed by atoms with Gasteiger partial charge in [-0.3, -0.25) is 0 Å². The molecule has 0 aromatic heterocycles. The summed E-state index contributed by atoms with van der Waals surface area (Å²) in [7, 11) is 1.55. The van der Waals surface area contributed by atoms with E-state index in [2.05, 4.69) is 0 Å². The van der Waals surface area contributed by atoms with Crippen molar-refractivity contribution in [2.45, 2.75) is 17.7 Å². The van der Waals surface area contributed by atoms with Crippen molar-refractivity contribution in [3.05, 3.63) is 0 Å². The molecular weight excluding hydrogens is 230 g/mol. The van der Waals surface area contributed by atoms with Gasteiger partial charge in [-0.25, -0.2) is 8.42 Å². The van der Waals surface area contributed by atoms with Gasteiger partial charge in [-0.1, -0.05) is 6.92 Å². The smallest absolute Gasteiger partial charge is 0.212 e. The molecule has 0 spiro atoms. The quantitative estimate of drug-likeness (QED) is 0.545. The van der Waals surface area contributed by atoms with Crippen molar-refractivity contribution in [3.8, 4) is 0 Å². The highest BCUT2D eigenvalue weighted by molar-refractivity contribution is 8.13. The molecule has 0 N–H and O–H groups in total. The first kappa shape index (κ1) is 9.90. The van der Waals surface area contributed by atoms with E-state index in [4.69, 9.17) is 33.9 Å². The van der Waals surface area contributed by atoms with Crippen molar-refractivity contribution in [2.24, 2.45) is 5.41 Å². The average Bonchev–Trinajstić information content (AvgIpc) is 1.96. The molecule has 0 radical (unpaired) electrons. The molecule has 1 unspecified atom stereocenters. The third-order valence-corrected chi connectivity index (χ3v) is 4.35. The molecule has 0 aliphatic heterocycles. The van der Waals surface area contributed by atoms with Gasteiger partial charge in [-0.2, -0.15) is 0 Å². The van der Waals surface area contributed by atoms with Crippen molar-refractivity contribution < 1.29 is 8.42 Å². The van der Waals surface area contributed by atoms with Gasteiger partial charge in [0.1, 0.15) is 4.33 Å². The zero-order valence-electron chi connectivity index (χ0n) is 5.77. The lowest BCUT2D eigenvalue weighted by Gasteiger charge is -2.07. The Kier molecular flexibility index (Phi) is 2.17. The summed E-state index contributed by atoms with van der Waals surface area (Å²) < 4.78 is 20.3. The van der Waals surface area contributed by atoms with E-state index in [0.717, 1.165) is 0 Å². The highest BCUT2D eigenvalue weighted by Gasteiger charge is 2.64. The summed E-state index contributed by atoms with van der Waals surface area (Å²) in [5, 5.41) is 0. The fourth-order valence-electron chi connectivity index (χ4n) is 0.983. The Labute approximate surface area is 80.2 Å². The van der Waals surface area contributed by atoms with Gasteiger partial charge in [0.2, 0.25) is 9.05 Å². The second-order valence-corrected chi connectivity index (χ2v) is 7.39. The van der Waals surface area contributed by atoms with Crippen LogP contribution in [-0.4, -0.2) is 18.5 Å². The van der Waals surface area contributed by atoms with Crippen LogP contribution in [0, 0.1) is 5.41 Å². The third-order valence-electron chi connectivity index (χ3n) is 1.86. The lowest BCUT2D eigenvalue weighted by Crippen LogP contribution is -2.15. The molecular formula is C5H7Cl3O2S. The minimum Gasteiger partial charge on any atom is -0.212 e. The summed E-state index contributed by atoms with van der Waals surface area (Å²) in [6.07, 6.45) is 0.481. The molecule has 0 aromatic rings. The zero-order chi connectivity index (χ0) is 8.91. The molecule has 2 nitrogen and oxygen atoms in total. The zero-order valence-corrected chi connectivity index (χ0v) is 8.86. The summed E-state index contributed by atoms with van der Waals surface area (Å²) in [6, 6.07) is 0. The Bertz CT molecular complexity index is 271. The van der Waals surface area contributed by atoms with Crippen LogP contribution in [0.2, 0.25) is 0 Å². The van der Waals surface area contributed by atoms with Gasteiger partial charge in [-0.15, -0.1) is 23.2 Å². The number of halogens is 3. The Balaban J connectivity index is 2.68. The van der Waals surface area contributed by atoms with E-state index in [1.165, 1.54) is 0 Å². The number of rotatable bonds is 2. The van der Waals surface area contributed by atoms with Crippen molar-refractivity contribution in [2.75, 3.05) is 5.75 Å². The van der Waals surface area contributed by atoms with Crippen LogP contribution in [-0.2, 0) is 9.05 Å². The highest BCUT2D eigenvalue weighted by Crippen LogP contribution is 2.64. The van der Waals surface area contributed by atoms with E-state index in [9.17, 15) is 8.42 Å². The Hall–Kier alpha value is 0.820. The van der Waals surface area contributed by atoms with Gasteiger partial charge in [0.15, 0.2) is 0 Å². The Morgan fingerprint density at radius 1 is 1.45 bits per heavy atom. The molecule has 0 amide bonds. The van der Waals surface area contributed by atoms with Crippen LogP contribution in [0.5, 0.6) is 0 Å². The predicted octanol–water partition coefficient (Wildman–Crippen LogP) is 2.14. The maximum Gasteiger partial charge on any atom is 0.233 e. The van der Waals surface area contributed by atoms with Crippen LogP contribution in [0.15, 0.2) is 0 Å². The first-order chi connectivity index (χ1) is 4.66. The molecule has 1 aliphatic rings. The summed E-state index contributed by atoms with van der Waals surface area (Å²) in [6.45, 7) is 1.70. The van der Waals surface area contributed by atoms with E-state index in [0.29, 0.717) is 6.42 Å². The van der Waals surface area contributed by atoms with E-state index >= 15 is 0 Å². The van der Waals surface area contributed by atoms with Gasteiger partial charge in [0.05, 0.1) is 5.75 Å². The average molecular weight is 238 g/mol. The largest absolute Gasteiger partial charge is 0.233 e. The van der Waals surface area contributed by atoms with Crippen molar-refractivity contribution in [3.63, 3.8) is 0 Å². The van der Waals surface area contributed by atoms with Crippen molar-refractivity contribution in [1.82, 2.24) is 0 Å². The molecule has 1 saturated carbocycles. The van der Waals surface area contributed by atoms with Crippen LogP contribution in [0.25, 0.3) is 0 Å². The Morgan fingerprint density at radius 2 is 1.82 bits per heavy atom. The van der Waals surface area contributed by atoms with Gasteiger partial charge < -0.3 is 0 Å². The standard InChI is InChI=1S/C5H7Cl3O2S/c1-4(2-5(4,6)7)3-11(8,9)10/h2-3H2,1H3. The van der Waals surface area contributed by atoms with E-state index in [1.54, 1.807) is 6.92 Å². The fraction of sp³-hybridized carbons (Fsp3) is 1.00. The normalized spacial score (nSPS) is 35.3. The summed E-state index contributed by atoms with van der Waals surface area (Å²) >= 11 is 11.4. The summed E-state index contributed by atoms with van der Waals surface area (Å²) in [5.74, 6) is -0.158. The first-order valence-electron chi connectivity index (χ1n) is 2.96. The molecule has 0 bridgehead atoms. The van der Waals surface area contributed by atoms with Gasteiger partial charge >= 0.3 is 0 Å². The van der Waals surface area contributed by atoms with Crippen LogP contribution < -0.4 is 0 Å². The molecule has 11 heavy (non-hydrogen) atoms. The minimum atomic E-state index is -3.49. The topological polar surface area (TPSA) is 34.1 Å². The minimum absolute atomic E-state index is 0.158. The molecule has 1 fully saturated rings.